The molecule has 100 valence electrons. The van der Waals surface area contributed by atoms with Crippen LogP contribution in [0.2, 0.25) is 20.1 Å². The van der Waals surface area contributed by atoms with Crippen molar-refractivity contribution in [3.63, 3.8) is 0 Å². The largest absolute Gasteiger partial charge is 0.508 e. The molecule has 7 heteroatoms. The summed E-state index contributed by atoms with van der Waals surface area (Å²) < 4.78 is 5.46. The zero-order valence-corrected chi connectivity index (χ0v) is 12.1. The van der Waals surface area contributed by atoms with Crippen molar-refractivity contribution in [2.75, 3.05) is 0 Å². The monoisotopic (exact) mass is 338 g/mol. The summed E-state index contributed by atoms with van der Waals surface area (Å²) in [6, 6.07) is 5.08. The topological polar surface area (TPSA) is 49.7 Å². The van der Waals surface area contributed by atoms with Gasteiger partial charge in [-0.15, -0.1) is 0 Å². The lowest BCUT2D eigenvalue weighted by Gasteiger charge is -2.12. The Balaban J connectivity index is 2.48. The Hall–Kier alpha value is -1.000. The summed E-state index contributed by atoms with van der Waals surface area (Å²) >= 11 is 23.7. The first-order valence-electron chi connectivity index (χ1n) is 4.92. The third kappa shape index (κ3) is 3.12. The van der Waals surface area contributed by atoms with Crippen LogP contribution in [0.25, 0.3) is 0 Å². The SMILES string of the molecule is Oc1cc(Cl)c(Oc2c(Cl)cc(O)cc2Cl)c(Cl)c1. The van der Waals surface area contributed by atoms with Crippen molar-refractivity contribution >= 4 is 46.4 Å². The van der Waals surface area contributed by atoms with E-state index in [1.54, 1.807) is 0 Å². The summed E-state index contributed by atoms with van der Waals surface area (Å²) in [5.41, 5.74) is 0. The molecule has 0 saturated heterocycles. The second-order valence-corrected chi connectivity index (χ2v) is 5.21. The summed E-state index contributed by atoms with van der Waals surface area (Å²) in [6.07, 6.45) is 0. The number of phenolic OH excluding ortho intramolecular Hbond substituents is 2. The third-order valence-corrected chi connectivity index (χ3v) is 3.29. The molecule has 19 heavy (non-hydrogen) atoms. The fraction of sp³-hybridized carbons (Fsp3) is 0. The number of hydrogen-bond acceptors (Lipinski definition) is 3. The maximum Gasteiger partial charge on any atom is 0.165 e. The lowest BCUT2D eigenvalue weighted by molar-refractivity contribution is 0.460. The minimum Gasteiger partial charge on any atom is -0.508 e. The predicted molar refractivity (Wildman–Crippen MR) is 76.3 cm³/mol. The first kappa shape index (κ1) is 14.4. The zero-order chi connectivity index (χ0) is 14.2. The standard InChI is InChI=1S/C12H6Cl4O3/c13-7-1-5(17)2-8(14)11(7)19-12-9(15)3-6(18)4-10(12)16/h1-4,17-18H. The molecule has 0 saturated carbocycles. The number of hydrogen-bond donors (Lipinski definition) is 2. The van der Waals surface area contributed by atoms with Crippen molar-refractivity contribution < 1.29 is 14.9 Å². The van der Waals surface area contributed by atoms with Crippen LogP contribution in [0.5, 0.6) is 23.0 Å². The molecule has 2 aromatic rings. The Bertz CT molecular complexity index is 541. The fourth-order valence-corrected chi connectivity index (χ4v) is 2.50. The van der Waals surface area contributed by atoms with Crippen LogP contribution < -0.4 is 4.74 Å². The van der Waals surface area contributed by atoms with E-state index in [2.05, 4.69) is 0 Å². The molecule has 0 aromatic heterocycles. The highest BCUT2D eigenvalue weighted by Gasteiger charge is 2.16. The predicted octanol–water partition coefficient (Wildman–Crippen LogP) is 5.50. The van der Waals surface area contributed by atoms with Crippen molar-refractivity contribution in [2.24, 2.45) is 0 Å². The van der Waals surface area contributed by atoms with Crippen molar-refractivity contribution in [3.8, 4) is 23.0 Å². The van der Waals surface area contributed by atoms with Crippen molar-refractivity contribution in [1.82, 2.24) is 0 Å². The molecule has 0 fully saturated rings. The van der Waals surface area contributed by atoms with Gasteiger partial charge in [-0.2, -0.15) is 0 Å². The van der Waals surface area contributed by atoms with Gasteiger partial charge in [-0.3, -0.25) is 0 Å². The number of ether oxygens (including phenoxy) is 1. The van der Waals surface area contributed by atoms with E-state index in [1.807, 2.05) is 0 Å². The van der Waals surface area contributed by atoms with E-state index >= 15 is 0 Å². The van der Waals surface area contributed by atoms with Gasteiger partial charge in [-0.25, -0.2) is 0 Å². The number of benzene rings is 2. The molecule has 2 aromatic carbocycles. The Morgan fingerprint density at radius 2 is 0.895 bits per heavy atom. The van der Waals surface area contributed by atoms with Gasteiger partial charge in [0.05, 0.1) is 20.1 Å². The average Bonchev–Trinajstić information content (AvgIpc) is 2.25. The molecule has 0 atom stereocenters. The van der Waals surface area contributed by atoms with Crippen LogP contribution in [0.15, 0.2) is 24.3 Å². The molecule has 0 amide bonds. The van der Waals surface area contributed by atoms with Crippen LogP contribution in [-0.2, 0) is 0 Å². The smallest absolute Gasteiger partial charge is 0.165 e. The lowest BCUT2D eigenvalue weighted by atomic mass is 10.3. The normalized spacial score (nSPS) is 10.5. The summed E-state index contributed by atoms with van der Waals surface area (Å²) in [6.45, 7) is 0. The van der Waals surface area contributed by atoms with E-state index in [9.17, 15) is 10.2 Å². The van der Waals surface area contributed by atoms with Gasteiger partial charge in [-0.1, -0.05) is 46.4 Å². The number of aromatic hydroxyl groups is 2. The van der Waals surface area contributed by atoms with Gasteiger partial charge in [-0.05, 0) is 0 Å². The first-order valence-corrected chi connectivity index (χ1v) is 6.43. The minimum absolute atomic E-state index is 0.0924. The maximum atomic E-state index is 9.32. The summed E-state index contributed by atoms with van der Waals surface area (Å²) in [7, 11) is 0. The third-order valence-electron chi connectivity index (χ3n) is 2.17. The molecule has 0 heterocycles. The van der Waals surface area contributed by atoms with Gasteiger partial charge in [0.2, 0.25) is 0 Å². The van der Waals surface area contributed by atoms with Gasteiger partial charge in [0.15, 0.2) is 11.5 Å². The van der Waals surface area contributed by atoms with Crippen LogP contribution in [0.4, 0.5) is 0 Å². The van der Waals surface area contributed by atoms with Crippen molar-refractivity contribution in [3.05, 3.63) is 44.4 Å². The number of halogens is 4. The summed E-state index contributed by atoms with van der Waals surface area (Å²) in [5, 5.41) is 19.0. The molecular weight excluding hydrogens is 334 g/mol. The first-order chi connectivity index (χ1) is 8.88. The average molecular weight is 340 g/mol. The number of rotatable bonds is 2. The van der Waals surface area contributed by atoms with Gasteiger partial charge in [0, 0.05) is 24.3 Å². The van der Waals surface area contributed by atoms with E-state index < -0.39 is 0 Å². The maximum absolute atomic E-state index is 9.32. The highest BCUT2D eigenvalue weighted by atomic mass is 35.5. The highest BCUT2D eigenvalue weighted by molar-refractivity contribution is 6.38. The molecule has 0 aliphatic carbocycles. The second-order valence-electron chi connectivity index (χ2n) is 3.58. The molecule has 0 spiro atoms. The van der Waals surface area contributed by atoms with Gasteiger partial charge in [0.1, 0.15) is 11.5 Å². The number of phenols is 2. The van der Waals surface area contributed by atoms with E-state index in [0.29, 0.717) is 0 Å². The molecule has 0 radical (unpaired) electrons. The van der Waals surface area contributed by atoms with E-state index in [4.69, 9.17) is 51.1 Å². The van der Waals surface area contributed by atoms with Crippen LogP contribution in [0.1, 0.15) is 0 Å². The Kier molecular flexibility index (Phi) is 4.21. The molecule has 0 aliphatic heterocycles. The molecular formula is C12H6Cl4O3. The molecule has 0 aliphatic rings. The molecule has 3 nitrogen and oxygen atoms in total. The van der Waals surface area contributed by atoms with Crippen LogP contribution in [0, 0.1) is 0 Å². The Morgan fingerprint density at radius 1 is 0.632 bits per heavy atom. The molecule has 0 unspecified atom stereocenters. The Morgan fingerprint density at radius 3 is 1.16 bits per heavy atom. The van der Waals surface area contributed by atoms with Crippen molar-refractivity contribution in [1.29, 1.82) is 0 Å². The Labute approximate surface area is 128 Å². The van der Waals surface area contributed by atoms with Crippen molar-refractivity contribution in [2.45, 2.75) is 0 Å². The molecule has 2 N–H and O–H groups in total. The fourth-order valence-electron chi connectivity index (χ4n) is 1.39. The van der Waals surface area contributed by atoms with E-state index in [1.165, 1.54) is 24.3 Å². The van der Waals surface area contributed by atoms with Crippen LogP contribution >= 0.6 is 46.4 Å². The van der Waals surface area contributed by atoms with Crippen LogP contribution in [0.3, 0.4) is 0 Å². The van der Waals surface area contributed by atoms with Gasteiger partial charge >= 0.3 is 0 Å². The van der Waals surface area contributed by atoms with Gasteiger partial charge in [0.25, 0.3) is 0 Å². The quantitative estimate of drug-likeness (QED) is 0.759. The van der Waals surface area contributed by atoms with Crippen LogP contribution in [-0.4, -0.2) is 10.2 Å². The summed E-state index contributed by atoms with van der Waals surface area (Å²) in [4.78, 5) is 0. The zero-order valence-electron chi connectivity index (χ0n) is 9.12. The summed E-state index contributed by atoms with van der Waals surface area (Å²) in [5.74, 6) is 0.0294. The second kappa shape index (κ2) is 5.55. The van der Waals surface area contributed by atoms with Gasteiger partial charge < -0.3 is 14.9 Å². The molecule has 2 rings (SSSR count). The highest BCUT2D eigenvalue weighted by Crippen LogP contribution is 2.44. The minimum atomic E-state index is -0.0924. The van der Waals surface area contributed by atoms with E-state index in [0.717, 1.165) is 0 Å². The molecule has 0 bridgehead atoms. The van der Waals surface area contributed by atoms with E-state index in [-0.39, 0.29) is 43.1 Å². The lowest BCUT2D eigenvalue weighted by Crippen LogP contribution is -1.89.